The first-order valence-corrected chi connectivity index (χ1v) is 13.2. The molecule has 0 saturated heterocycles. The molecule has 0 aromatic rings. The van der Waals surface area contributed by atoms with Gasteiger partial charge in [-0.15, -0.1) is 0 Å². The van der Waals surface area contributed by atoms with Gasteiger partial charge in [0.15, 0.2) is 0 Å². The Morgan fingerprint density at radius 3 is 2.62 bits per heavy atom. The maximum atomic E-state index is 12.0. The average Bonchev–Trinajstić information content (AvgIpc) is 3.28. The maximum absolute atomic E-state index is 12.0. The number of fused-ring (bicyclic) bond motifs is 4. The minimum atomic E-state index is -0.314. The van der Waals surface area contributed by atoms with E-state index in [-0.39, 0.29) is 6.09 Å². The lowest BCUT2D eigenvalue weighted by Gasteiger charge is -2.61. The summed E-state index contributed by atoms with van der Waals surface area (Å²) < 4.78 is 16.8. The van der Waals surface area contributed by atoms with Crippen molar-refractivity contribution in [3.8, 4) is 0 Å². The van der Waals surface area contributed by atoms with Gasteiger partial charge in [0, 0.05) is 26.2 Å². The van der Waals surface area contributed by atoms with Crippen molar-refractivity contribution in [3.05, 3.63) is 0 Å². The van der Waals surface area contributed by atoms with Gasteiger partial charge >= 0.3 is 6.09 Å². The van der Waals surface area contributed by atoms with E-state index in [0.29, 0.717) is 53.9 Å². The first-order valence-electron chi connectivity index (χ1n) is 13.2. The molecule has 5 fully saturated rings. The summed E-state index contributed by atoms with van der Waals surface area (Å²) in [5.41, 5.74) is 1.37. The normalized spacial score (nSPS) is 49.4. The van der Waals surface area contributed by atoms with Crippen LogP contribution in [0.3, 0.4) is 0 Å². The predicted molar refractivity (Wildman–Crippen MR) is 124 cm³/mol. The Balaban J connectivity index is 1.27. The standard InChI is InChI=1S/C27H45NO4/c1-17(16-32-24(29)28-12-13-30-4)20-6-7-21-19-14-23(31-5)27-15-18(27)8-11-26(27,3)22(19)9-10-25(20,21)2/h17-23H,6-16H2,1-5H3,(H,28,29)/t17-,18?,19+,20-,21+,22+,23?,25-,26-,27?/m1/s1. The maximum Gasteiger partial charge on any atom is 0.407 e. The summed E-state index contributed by atoms with van der Waals surface area (Å²) in [7, 11) is 3.61. The van der Waals surface area contributed by atoms with Crippen LogP contribution >= 0.6 is 0 Å². The number of hydrogen-bond donors (Lipinski definition) is 1. The summed E-state index contributed by atoms with van der Waals surface area (Å²) in [5, 5.41) is 2.78. The minimum absolute atomic E-state index is 0.314. The Morgan fingerprint density at radius 2 is 1.91 bits per heavy atom. The van der Waals surface area contributed by atoms with E-state index < -0.39 is 0 Å². The Labute approximate surface area is 194 Å². The van der Waals surface area contributed by atoms with Gasteiger partial charge in [-0.2, -0.15) is 0 Å². The van der Waals surface area contributed by atoms with Crippen molar-refractivity contribution >= 4 is 6.09 Å². The molecule has 5 nitrogen and oxygen atoms in total. The zero-order valence-corrected chi connectivity index (χ0v) is 21.0. The van der Waals surface area contributed by atoms with E-state index in [1.807, 2.05) is 7.11 Å². The molecule has 0 aromatic heterocycles. The Morgan fingerprint density at radius 1 is 1.09 bits per heavy atom. The van der Waals surface area contributed by atoms with Crippen molar-refractivity contribution in [3.63, 3.8) is 0 Å². The zero-order valence-electron chi connectivity index (χ0n) is 21.0. The molecule has 10 atom stereocenters. The highest BCUT2D eigenvalue weighted by molar-refractivity contribution is 5.67. The van der Waals surface area contributed by atoms with Crippen LogP contribution in [0.2, 0.25) is 0 Å². The van der Waals surface area contributed by atoms with Gasteiger partial charge in [-0.25, -0.2) is 4.79 Å². The number of alkyl carbamates (subject to hydrolysis) is 1. The Kier molecular flexibility index (Phi) is 5.84. The summed E-state index contributed by atoms with van der Waals surface area (Å²) in [5.74, 6) is 4.48. The van der Waals surface area contributed by atoms with Crippen LogP contribution in [0.1, 0.15) is 72.1 Å². The molecule has 1 N–H and O–H groups in total. The number of rotatable bonds is 7. The highest BCUT2D eigenvalue weighted by Gasteiger charge is 2.77. The number of nitrogens with one attached hydrogen (secondary N) is 1. The van der Waals surface area contributed by atoms with Crippen LogP contribution in [-0.4, -0.2) is 46.2 Å². The molecule has 5 aliphatic carbocycles. The number of amides is 1. The van der Waals surface area contributed by atoms with Gasteiger partial charge in [-0.05, 0) is 97.7 Å². The molecule has 0 heterocycles. The number of methoxy groups -OCH3 is 2. The molecule has 182 valence electrons. The van der Waals surface area contributed by atoms with Crippen LogP contribution in [0, 0.1) is 51.8 Å². The van der Waals surface area contributed by atoms with Crippen molar-refractivity contribution in [2.45, 2.75) is 78.2 Å². The van der Waals surface area contributed by atoms with E-state index >= 15 is 0 Å². The Hall–Kier alpha value is -0.810. The lowest BCUT2D eigenvalue weighted by molar-refractivity contribution is -0.161. The summed E-state index contributed by atoms with van der Waals surface area (Å²) in [6, 6.07) is 0. The highest BCUT2D eigenvalue weighted by atomic mass is 16.5. The van der Waals surface area contributed by atoms with E-state index in [1.54, 1.807) is 7.11 Å². The quantitative estimate of drug-likeness (QED) is 0.540. The molecule has 1 amide bonds. The second-order valence-electron chi connectivity index (χ2n) is 12.5. The third-order valence-electron chi connectivity index (χ3n) is 11.6. The number of carbonyl (C=O) groups excluding carboxylic acids is 1. The molecule has 5 rings (SSSR count). The molecular formula is C27H45NO4. The van der Waals surface area contributed by atoms with Gasteiger partial charge in [0.2, 0.25) is 0 Å². The minimum Gasteiger partial charge on any atom is -0.449 e. The smallest absolute Gasteiger partial charge is 0.407 e. The van der Waals surface area contributed by atoms with Crippen LogP contribution < -0.4 is 5.32 Å². The monoisotopic (exact) mass is 447 g/mol. The van der Waals surface area contributed by atoms with Crippen LogP contribution in [0.15, 0.2) is 0 Å². The van der Waals surface area contributed by atoms with Crippen molar-refractivity contribution < 1.29 is 19.0 Å². The van der Waals surface area contributed by atoms with Crippen LogP contribution in [-0.2, 0) is 14.2 Å². The fourth-order valence-electron chi connectivity index (χ4n) is 10.2. The number of ether oxygens (including phenoxy) is 3. The van der Waals surface area contributed by atoms with Crippen LogP contribution in [0.4, 0.5) is 4.79 Å². The molecule has 1 spiro atoms. The SMILES string of the molecule is COCCNC(=O)OC[C@@H](C)[C@H]1CC[C@H]2[C@@H]3CC(OC)C45CC4CC[C@]5(C)[C@H]3CC[C@]12C. The van der Waals surface area contributed by atoms with Gasteiger partial charge in [0.05, 0.1) is 19.3 Å². The van der Waals surface area contributed by atoms with Crippen molar-refractivity contribution in [1.82, 2.24) is 5.32 Å². The van der Waals surface area contributed by atoms with Gasteiger partial charge in [-0.1, -0.05) is 20.8 Å². The molecule has 0 aromatic carbocycles. The highest BCUT2D eigenvalue weighted by Crippen LogP contribution is 2.82. The fourth-order valence-corrected chi connectivity index (χ4v) is 10.2. The van der Waals surface area contributed by atoms with E-state index in [2.05, 4.69) is 26.1 Å². The number of hydrogen-bond acceptors (Lipinski definition) is 4. The summed E-state index contributed by atoms with van der Waals surface area (Å²) in [4.78, 5) is 12.0. The van der Waals surface area contributed by atoms with Gasteiger partial charge in [0.25, 0.3) is 0 Å². The molecular weight excluding hydrogens is 402 g/mol. The van der Waals surface area contributed by atoms with E-state index in [9.17, 15) is 4.79 Å². The van der Waals surface area contributed by atoms with Crippen molar-refractivity contribution in [1.29, 1.82) is 0 Å². The third kappa shape index (κ3) is 3.12. The molecule has 0 aliphatic heterocycles. The molecule has 5 aliphatic rings. The summed E-state index contributed by atoms with van der Waals surface area (Å²) in [6.45, 7) is 9.05. The largest absolute Gasteiger partial charge is 0.449 e. The van der Waals surface area contributed by atoms with Crippen molar-refractivity contribution in [2.75, 3.05) is 34.0 Å². The lowest BCUT2D eigenvalue weighted by atomic mass is 9.45. The second-order valence-corrected chi connectivity index (χ2v) is 12.5. The topological polar surface area (TPSA) is 56.8 Å². The molecule has 5 heteroatoms. The van der Waals surface area contributed by atoms with Crippen LogP contribution in [0.25, 0.3) is 0 Å². The first kappa shape index (κ1) is 23.0. The van der Waals surface area contributed by atoms with Gasteiger partial charge < -0.3 is 19.5 Å². The molecule has 32 heavy (non-hydrogen) atoms. The molecule has 3 unspecified atom stereocenters. The molecule has 0 bridgehead atoms. The van der Waals surface area contributed by atoms with E-state index in [4.69, 9.17) is 14.2 Å². The third-order valence-corrected chi connectivity index (χ3v) is 11.6. The predicted octanol–water partition coefficient (Wildman–Crippen LogP) is 5.28. The number of carbonyl (C=O) groups is 1. The summed E-state index contributed by atoms with van der Waals surface area (Å²) >= 11 is 0. The van der Waals surface area contributed by atoms with E-state index in [0.717, 1.165) is 23.7 Å². The van der Waals surface area contributed by atoms with Gasteiger partial charge in [0.1, 0.15) is 0 Å². The van der Waals surface area contributed by atoms with Crippen LogP contribution in [0.5, 0.6) is 0 Å². The average molecular weight is 448 g/mol. The lowest BCUT2D eigenvalue weighted by Crippen LogP contribution is -2.57. The van der Waals surface area contributed by atoms with Crippen molar-refractivity contribution in [2.24, 2.45) is 51.8 Å². The Bertz CT molecular complexity index is 728. The first-order chi connectivity index (χ1) is 15.3. The summed E-state index contributed by atoms with van der Waals surface area (Å²) in [6.07, 6.45) is 11.1. The zero-order chi connectivity index (χ0) is 22.7. The van der Waals surface area contributed by atoms with E-state index in [1.165, 1.54) is 51.4 Å². The fraction of sp³-hybridized carbons (Fsp3) is 0.963. The van der Waals surface area contributed by atoms with Gasteiger partial charge in [-0.3, -0.25) is 0 Å². The molecule has 0 radical (unpaired) electrons. The molecule has 5 saturated carbocycles. The second kappa shape index (κ2) is 8.15.